The highest BCUT2D eigenvalue weighted by Crippen LogP contribution is 2.01. The molecular weight excluding hydrogens is 244 g/mol. The number of unbranched alkanes of at least 4 members (excludes halogenated alkanes) is 3. The van der Waals surface area contributed by atoms with E-state index in [1.807, 2.05) is 0 Å². The molecule has 20 heavy (non-hydrogen) atoms. The summed E-state index contributed by atoms with van der Waals surface area (Å²) in [6.07, 6.45) is 5.41. The molecule has 0 aliphatic rings. The van der Waals surface area contributed by atoms with Crippen LogP contribution >= 0.6 is 0 Å². The van der Waals surface area contributed by atoms with Gasteiger partial charge in [-0.2, -0.15) is 0 Å². The minimum Gasteiger partial charge on any atom is -0.312 e. The number of hydrogen-bond donors (Lipinski definition) is 2. The van der Waals surface area contributed by atoms with Crippen molar-refractivity contribution < 1.29 is 0 Å². The van der Waals surface area contributed by atoms with Crippen molar-refractivity contribution in [1.29, 1.82) is 0 Å². The minimum atomic E-state index is 0.282. The molecular formula is C18H42N2. The normalized spacial score (nSPS) is 12.3. The first-order valence-corrected chi connectivity index (χ1v) is 8.48. The largest absolute Gasteiger partial charge is 0.312 e. The third kappa shape index (κ3) is 26.5. The first kappa shape index (κ1) is 22.2. The van der Waals surface area contributed by atoms with Crippen molar-refractivity contribution in [3.05, 3.63) is 0 Å². The second kappa shape index (κ2) is 11.6. The molecule has 0 saturated heterocycles. The lowest BCUT2D eigenvalue weighted by Gasteiger charge is -2.21. The van der Waals surface area contributed by atoms with Crippen molar-refractivity contribution in [2.75, 3.05) is 13.1 Å². The maximum Gasteiger partial charge on any atom is 0.00966 e. The Morgan fingerprint density at radius 1 is 0.750 bits per heavy atom. The van der Waals surface area contributed by atoms with Crippen LogP contribution in [0.25, 0.3) is 0 Å². The van der Waals surface area contributed by atoms with Gasteiger partial charge in [-0.3, -0.25) is 0 Å². The standard InChI is InChI=1S/C10H23N.C8H19N/c1-5-6-7-8-9-11-10(2,3)4;1-7(2)6-9-8(3,4)5/h11H,5-9H2,1-4H3;7,9H,6H2,1-5H3. The highest BCUT2D eigenvalue weighted by molar-refractivity contribution is 4.70. The summed E-state index contributed by atoms with van der Waals surface area (Å²) < 4.78 is 0. The van der Waals surface area contributed by atoms with Gasteiger partial charge in [0.25, 0.3) is 0 Å². The van der Waals surface area contributed by atoms with E-state index in [9.17, 15) is 0 Å². The fourth-order valence-electron chi connectivity index (χ4n) is 1.53. The van der Waals surface area contributed by atoms with Crippen LogP contribution in [0, 0.1) is 5.92 Å². The topological polar surface area (TPSA) is 24.1 Å². The summed E-state index contributed by atoms with van der Waals surface area (Å²) in [5.41, 5.74) is 0.580. The molecule has 0 aromatic carbocycles. The van der Waals surface area contributed by atoms with Crippen molar-refractivity contribution in [2.45, 2.75) is 99.1 Å². The van der Waals surface area contributed by atoms with E-state index >= 15 is 0 Å². The molecule has 0 aromatic rings. The van der Waals surface area contributed by atoms with Gasteiger partial charge < -0.3 is 10.6 Å². The van der Waals surface area contributed by atoms with Gasteiger partial charge in [-0.05, 0) is 67.0 Å². The van der Waals surface area contributed by atoms with Gasteiger partial charge in [0.05, 0.1) is 0 Å². The van der Waals surface area contributed by atoms with Crippen molar-refractivity contribution in [1.82, 2.24) is 10.6 Å². The van der Waals surface area contributed by atoms with Crippen LogP contribution in [0.3, 0.4) is 0 Å². The van der Waals surface area contributed by atoms with E-state index in [2.05, 4.69) is 72.9 Å². The van der Waals surface area contributed by atoms with Crippen LogP contribution in [-0.4, -0.2) is 24.2 Å². The lowest BCUT2D eigenvalue weighted by Crippen LogP contribution is -2.38. The van der Waals surface area contributed by atoms with Crippen LogP contribution in [0.1, 0.15) is 88.0 Å². The fourth-order valence-corrected chi connectivity index (χ4v) is 1.53. The van der Waals surface area contributed by atoms with Gasteiger partial charge >= 0.3 is 0 Å². The third-order valence-corrected chi connectivity index (χ3v) is 2.73. The Morgan fingerprint density at radius 2 is 1.25 bits per heavy atom. The fraction of sp³-hybridized carbons (Fsp3) is 1.00. The molecule has 124 valence electrons. The van der Waals surface area contributed by atoms with E-state index in [4.69, 9.17) is 0 Å². The van der Waals surface area contributed by atoms with E-state index in [1.54, 1.807) is 0 Å². The zero-order valence-electron chi connectivity index (χ0n) is 15.8. The summed E-state index contributed by atoms with van der Waals surface area (Å²) in [7, 11) is 0. The zero-order chi connectivity index (χ0) is 16.2. The van der Waals surface area contributed by atoms with Gasteiger partial charge in [-0.1, -0.05) is 40.0 Å². The van der Waals surface area contributed by atoms with Crippen LogP contribution in [0.2, 0.25) is 0 Å². The van der Waals surface area contributed by atoms with Gasteiger partial charge in [0.15, 0.2) is 0 Å². The molecule has 0 atom stereocenters. The third-order valence-electron chi connectivity index (χ3n) is 2.73. The summed E-state index contributed by atoms with van der Waals surface area (Å²) in [6, 6.07) is 0. The molecule has 2 nitrogen and oxygen atoms in total. The van der Waals surface area contributed by atoms with Gasteiger partial charge in [0.1, 0.15) is 0 Å². The molecule has 0 aliphatic carbocycles. The Kier molecular flexibility index (Phi) is 12.8. The molecule has 0 heterocycles. The predicted molar refractivity (Wildman–Crippen MR) is 94.5 cm³/mol. The second-order valence-corrected chi connectivity index (χ2v) is 8.26. The lowest BCUT2D eigenvalue weighted by atomic mass is 10.1. The minimum absolute atomic E-state index is 0.282. The molecule has 0 bridgehead atoms. The molecule has 0 unspecified atom stereocenters. The number of nitrogens with one attached hydrogen (secondary N) is 2. The monoisotopic (exact) mass is 286 g/mol. The summed E-state index contributed by atoms with van der Waals surface area (Å²) in [4.78, 5) is 0. The molecule has 2 heteroatoms. The Hall–Kier alpha value is -0.0800. The van der Waals surface area contributed by atoms with Crippen molar-refractivity contribution in [2.24, 2.45) is 5.92 Å². The molecule has 0 spiro atoms. The molecule has 0 amide bonds. The Balaban J connectivity index is 0. The number of hydrogen-bond acceptors (Lipinski definition) is 2. The molecule has 0 radical (unpaired) electrons. The van der Waals surface area contributed by atoms with Gasteiger partial charge in [0.2, 0.25) is 0 Å². The van der Waals surface area contributed by atoms with Crippen molar-refractivity contribution in [3.8, 4) is 0 Å². The highest BCUT2D eigenvalue weighted by atomic mass is 14.9. The second-order valence-electron chi connectivity index (χ2n) is 8.26. The average Bonchev–Trinajstić information content (AvgIpc) is 2.25. The zero-order valence-corrected chi connectivity index (χ0v) is 15.8. The van der Waals surface area contributed by atoms with Crippen LogP contribution < -0.4 is 10.6 Å². The Bertz CT molecular complexity index is 196. The summed E-state index contributed by atoms with van der Waals surface area (Å²) >= 11 is 0. The van der Waals surface area contributed by atoms with Crippen LogP contribution in [0.5, 0.6) is 0 Å². The van der Waals surface area contributed by atoms with Gasteiger partial charge in [-0.25, -0.2) is 0 Å². The summed E-state index contributed by atoms with van der Waals surface area (Å²) in [5, 5.41) is 6.90. The van der Waals surface area contributed by atoms with E-state index in [1.165, 1.54) is 32.2 Å². The maximum atomic E-state index is 3.48. The quantitative estimate of drug-likeness (QED) is 0.645. The van der Waals surface area contributed by atoms with Crippen LogP contribution in [-0.2, 0) is 0 Å². The van der Waals surface area contributed by atoms with E-state index in [0.717, 1.165) is 12.5 Å². The highest BCUT2D eigenvalue weighted by Gasteiger charge is 2.08. The van der Waals surface area contributed by atoms with Gasteiger partial charge in [-0.15, -0.1) is 0 Å². The first-order valence-electron chi connectivity index (χ1n) is 8.48. The lowest BCUT2D eigenvalue weighted by molar-refractivity contribution is 0.393. The molecule has 0 rings (SSSR count). The van der Waals surface area contributed by atoms with E-state index in [-0.39, 0.29) is 5.54 Å². The predicted octanol–water partition coefficient (Wildman–Crippen LogP) is 4.99. The smallest absolute Gasteiger partial charge is 0.00966 e. The van der Waals surface area contributed by atoms with Crippen LogP contribution in [0.4, 0.5) is 0 Å². The molecule has 0 saturated carbocycles. The van der Waals surface area contributed by atoms with Crippen LogP contribution in [0.15, 0.2) is 0 Å². The maximum absolute atomic E-state index is 3.48. The van der Waals surface area contributed by atoms with E-state index in [0.29, 0.717) is 5.54 Å². The molecule has 0 aliphatic heterocycles. The van der Waals surface area contributed by atoms with E-state index < -0.39 is 0 Å². The Morgan fingerprint density at radius 3 is 1.55 bits per heavy atom. The SMILES string of the molecule is CC(C)CNC(C)(C)C.CCCCCCNC(C)(C)C. The summed E-state index contributed by atoms with van der Waals surface area (Å²) in [6.45, 7) is 22.2. The molecule has 0 fully saturated rings. The number of rotatable bonds is 7. The van der Waals surface area contributed by atoms with Crippen molar-refractivity contribution >= 4 is 0 Å². The first-order chi connectivity index (χ1) is 8.98. The summed E-state index contributed by atoms with van der Waals surface area (Å²) in [5.74, 6) is 0.754. The molecule has 0 aromatic heterocycles. The van der Waals surface area contributed by atoms with Crippen molar-refractivity contribution in [3.63, 3.8) is 0 Å². The Labute approximate surface area is 129 Å². The molecule has 2 N–H and O–H groups in total. The van der Waals surface area contributed by atoms with Gasteiger partial charge in [0, 0.05) is 11.1 Å². The average molecular weight is 287 g/mol.